The van der Waals surface area contributed by atoms with Crippen LogP contribution >= 0.6 is 0 Å². The largest absolute Gasteiger partial charge is 0.352 e. The van der Waals surface area contributed by atoms with Crippen LogP contribution in [0.2, 0.25) is 0 Å². The summed E-state index contributed by atoms with van der Waals surface area (Å²) >= 11 is 0. The Morgan fingerprint density at radius 3 is 1.89 bits per heavy atom. The summed E-state index contributed by atoms with van der Waals surface area (Å²) in [5, 5.41) is 2.88. The Labute approximate surface area is 209 Å². The Morgan fingerprint density at radius 1 is 0.857 bits per heavy atom. The van der Waals surface area contributed by atoms with Crippen molar-refractivity contribution in [1.29, 1.82) is 0 Å². The Kier molecular flexibility index (Phi) is 6.43. The van der Waals surface area contributed by atoms with E-state index < -0.39 is 0 Å². The van der Waals surface area contributed by atoms with Gasteiger partial charge in [0.2, 0.25) is 11.8 Å². The van der Waals surface area contributed by atoms with Crippen molar-refractivity contribution in [2.45, 2.75) is 71.1 Å². The summed E-state index contributed by atoms with van der Waals surface area (Å²) < 4.78 is 0. The molecule has 1 heterocycles. The molecule has 190 valence electrons. The van der Waals surface area contributed by atoms with E-state index in [0.717, 1.165) is 37.0 Å². The first-order valence-corrected chi connectivity index (χ1v) is 13.6. The average Bonchev–Trinajstić information content (AvgIpc) is 2.82. The highest BCUT2D eigenvalue weighted by molar-refractivity contribution is 5.94. The first-order chi connectivity index (χ1) is 16.6. The molecule has 1 aromatic rings. The zero-order chi connectivity index (χ0) is 24.8. The van der Waals surface area contributed by atoms with Gasteiger partial charge in [-0.3, -0.25) is 14.4 Å². The summed E-state index contributed by atoms with van der Waals surface area (Å²) in [5.41, 5.74) is 1.74. The summed E-state index contributed by atoms with van der Waals surface area (Å²) in [5.74, 6) is 2.56. The highest BCUT2D eigenvalue weighted by Gasteiger charge is 2.55. The van der Waals surface area contributed by atoms with Crippen LogP contribution < -0.4 is 5.32 Å². The third-order valence-corrected chi connectivity index (χ3v) is 9.05. The molecule has 3 amide bonds. The average molecular weight is 480 g/mol. The van der Waals surface area contributed by atoms with Crippen LogP contribution in [0, 0.1) is 23.2 Å². The molecule has 4 bridgehead atoms. The standard InChI is InChI=1S/C29H41N3O3/c1-28(2,3)24-6-4-23(5-7-24)26(34)30-9-8-25(33)31-10-12-32(13-11-31)27(35)29-17-20-14-21(18-29)16-22(15-20)19-29/h4-7,20-22H,8-19H2,1-3H3,(H,30,34). The fourth-order valence-electron chi connectivity index (χ4n) is 7.53. The zero-order valence-corrected chi connectivity index (χ0v) is 21.6. The van der Waals surface area contributed by atoms with Crippen molar-refractivity contribution in [3.63, 3.8) is 0 Å². The lowest BCUT2D eigenvalue weighted by Crippen LogP contribution is -2.58. The van der Waals surface area contributed by atoms with E-state index in [0.29, 0.717) is 44.2 Å². The van der Waals surface area contributed by atoms with Crippen LogP contribution in [0.4, 0.5) is 0 Å². The first kappa shape index (κ1) is 24.3. The van der Waals surface area contributed by atoms with Gasteiger partial charge in [0.05, 0.1) is 5.41 Å². The quantitative estimate of drug-likeness (QED) is 0.694. The Morgan fingerprint density at radius 2 is 1.37 bits per heavy atom. The SMILES string of the molecule is CC(C)(C)c1ccc(C(=O)NCCC(=O)N2CCN(C(=O)C34CC5CC(CC(C5)C3)C4)CC2)cc1. The number of piperazine rings is 1. The molecule has 4 aliphatic carbocycles. The van der Waals surface area contributed by atoms with Crippen molar-refractivity contribution in [3.05, 3.63) is 35.4 Å². The predicted molar refractivity (Wildman–Crippen MR) is 136 cm³/mol. The smallest absolute Gasteiger partial charge is 0.251 e. The number of carbonyl (C=O) groups excluding carboxylic acids is 3. The second-order valence-corrected chi connectivity index (χ2v) is 12.7. The molecule has 0 atom stereocenters. The van der Waals surface area contributed by atoms with E-state index in [1.165, 1.54) is 24.8 Å². The molecule has 4 saturated carbocycles. The molecule has 1 aromatic carbocycles. The van der Waals surface area contributed by atoms with E-state index >= 15 is 0 Å². The number of nitrogens with zero attached hydrogens (tertiary/aromatic N) is 2. The van der Waals surface area contributed by atoms with Crippen LogP contribution in [-0.2, 0) is 15.0 Å². The molecule has 0 unspecified atom stereocenters. The van der Waals surface area contributed by atoms with Crippen LogP contribution in [0.15, 0.2) is 24.3 Å². The molecule has 35 heavy (non-hydrogen) atoms. The minimum absolute atomic E-state index is 0.0469. The molecule has 6 nitrogen and oxygen atoms in total. The van der Waals surface area contributed by atoms with Gasteiger partial charge < -0.3 is 15.1 Å². The molecule has 5 aliphatic rings. The minimum Gasteiger partial charge on any atom is -0.352 e. The van der Waals surface area contributed by atoms with Crippen molar-refractivity contribution >= 4 is 17.7 Å². The number of nitrogens with one attached hydrogen (secondary N) is 1. The number of carbonyl (C=O) groups is 3. The van der Waals surface area contributed by atoms with Gasteiger partial charge in [0.25, 0.3) is 5.91 Å². The maximum absolute atomic E-state index is 13.6. The molecule has 5 fully saturated rings. The Hall–Kier alpha value is -2.37. The van der Waals surface area contributed by atoms with Crippen molar-refractivity contribution in [3.8, 4) is 0 Å². The molecule has 0 aromatic heterocycles. The Balaban J connectivity index is 1.06. The fourth-order valence-corrected chi connectivity index (χ4v) is 7.53. The molecule has 0 spiro atoms. The lowest BCUT2D eigenvalue weighted by molar-refractivity contribution is -0.160. The second-order valence-electron chi connectivity index (χ2n) is 12.7. The van der Waals surface area contributed by atoms with Gasteiger partial charge in [0.15, 0.2) is 0 Å². The summed E-state index contributed by atoms with van der Waals surface area (Å²) in [7, 11) is 0. The van der Waals surface area contributed by atoms with Crippen molar-refractivity contribution in [2.75, 3.05) is 32.7 Å². The van der Waals surface area contributed by atoms with Crippen LogP contribution in [0.1, 0.15) is 81.6 Å². The van der Waals surface area contributed by atoms with E-state index in [9.17, 15) is 14.4 Å². The number of hydrogen-bond acceptors (Lipinski definition) is 3. The highest BCUT2D eigenvalue weighted by Crippen LogP contribution is 2.60. The monoisotopic (exact) mass is 479 g/mol. The molecule has 1 aliphatic heterocycles. The number of hydrogen-bond donors (Lipinski definition) is 1. The summed E-state index contributed by atoms with van der Waals surface area (Å²) in [6.45, 7) is 9.23. The van der Waals surface area contributed by atoms with Gasteiger partial charge in [-0.1, -0.05) is 32.9 Å². The van der Waals surface area contributed by atoms with Crippen LogP contribution in [0.3, 0.4) is 0 Å². The second kappa shape index (κ2) is 9.25. The normalized spacial score (nSPS) is 29.9. The minimum atomic E-state index is -0.149. The molecule has 6 heteroatoms. The Bertz CT molecular complexity index is 935. The lowest BCUT2D eigenvalue weighted by atomic mass is 9.49. The summed E-state index contributed by atoms with van der Waals surface area (Å²) in [6, 6.07) is 7.67. The maximum Gasteiger partial charge on any atom is 0.251 e. The molecule has 1 N–H and O–H groups in total. The highest BCUT2D eigenvalue weighted by atomic mass is 16.2. The molecular weight excluding hydrogens is 438 g/mol. The maximum atomic E-state index is 13.6. The van der Waals surface area contributed by atoms with Crippen molar-refractivity contribution in [2.24, 2.45) is 23.2 Å². The van der Waals surface area contributed by atoms with Gasteiger partial charge in [-0.25, -0.2) is 0 Å². The molecule has 6 rings (SSSR count). The molecule has 0 radical (unpaired) electrons. The van der Waals surface area contributed by atoms with Crippen LogP contribution in [0.25, 0.3) is 0 Å². The van der Waals surface area contributed by atoms with Gasteiger partial charge in [-0.05, 0) is 79.4 Å². The first-order valence-electron chi connectivity index (χ1n) is 13.6. The molecular formula is C29H41N3O3. The number of rotatable bonds is 5. The van der Waals surface area contributed by atoms with E-state index in [-0.39, 0.29) is 29.1 Å². The fraction of sp³-hybridized carbons (Fsp3) is 0.690. The van der Waals surface area contributed by atoms with Crippen molar-refractivity contribution in [1.82, 2.24) is 15.1 Å². The number of amides is 3. The van der Waals surface area contributed by atoms with Crippen molar-refractivity contribution < 1.29 is 14.4 Å². The summed E-state index contributed by atoms with van der Waals surface area (Å²) in [6.07, 6.45) is 7.59. The third-order valence-electron chi connectivity index (χ3n) is 9.05. The van der Waals surface area contributed by atoms with Gasteiger partial charge in [-0.2, -0.15) is 0 Å². The molecule has 1 saturated heterocycles. The van der Waals surface area contributed by atoms with E-state index in [1.54, 1.807) is 0 Å². The third kappa shape index (κ3) is 4.99. The van der Waals surface area contributed by atoms with E-state index in [1.807, 2.05) is 34.1 Å². The van der Waals surface area contributed by atoms with Crippen LogP contribution in [0.5, 0.6) is 0 Å². The van der Waals surface area contributed by atoms with Gasteiger partial charge in [0.1, 0.15) is 0 Å². The van der Waals surface area contributed by atoms with Crippen LogP contribution in [-0.4, -0.2) is 60.2 Å². The van der Waals surface area contributed by atoms with Gasteiger partial charge >= 0.3 is 0 Å². The lowest BCUT2D eigenvalue weighted by Gasteiger charge is -2.57. The van der Waals surface area contributed by atoms with Gasteiger partial charge in [-0.15, -0.1) is 0 Å². The number of benzene rings is 1. The van der Waals surface area contributed by atoms with E-state index in [2.05, 4.69) is 26.1 Å². The van der Waals surface area contributed by atoms with Gasteiger partial charge in [0, 0.05) is 44.7 Å². The zero-order valence-electron chi connectivity index (χ0n) is 21.6. The van der Waals surface area contributed by atoms with E-state index in [4.69, 9.17) is 0 Å². The topological polar surface area (TPSA) is 69.7 Å². The summed E-state index contributed by atoms with van der Waals surface area (Å²) in [4.78, 5) is 42.7. The predicted octanol–water partition coefficient (Wildman–Crippen LogP) is 3.99.